The van der Waals surface area contributed by atoms with E-state index in [0.29, 0.717) is 28.7 Å². The highest BCUT2D eigenvalue weighted by Gasteiger charge is 2.55. The first-order valence-corrected chi connectivity index (χ1v) is 7.92. The van der Waals surface area contributed by atoms with Crippen LogP contribution in [0.4, 0.5) is 10.5 Å². The molecule has 1 aliphatic carbocycles. The minimum atomic E-state index is -0.796. The maximum absolute atomic E-state index is 12.4. The van der Waals surface area contributed by atoms with E-state index in [2.05, 4.69) is 5.32 Å². The molecule has 22 heavy (non-hydrogen) atoms. The van der Waals surface area contributed by atoms with Gasteiger partial charge in [-0.05, 0) is 37.0 Å². The number of carbonyl (C=O) groups excluding carboxylic acids is 1. The monoisotopic (exact) mass is 342 g/mol. The first-order chi connectivity index (χ1) is 10.4. The molecule has 0 unspecified atom stereocenters. The molecule has 1 aromatic carbocycles. The maximum atomic E-state index is 12.4. The van der Waals surface area contributed by atoms with Gasteiger partial charge in [-0.15, -0.1) is 0 Å². The summed E-state index contributed by atoms with van der Waals surface area (Å²) >= 11 is 11.9. The van der Waals surface area contributed by atoms with Gasteiger partial charge >= 0.3 is 12.0 Å². The molecule has 1 saturated carbocycles. The highest BCUT2D eigenvalue weighted by atomic mass is 35.5. The Balaban J connectivity index is 1.73. The average Bonchev–Trinajstić information content (AvgIpc) is 2.99. The Hall–Kier alpha value is -1.46. The van der Waals surface area contributed by atoms with Crippen molar-refractivity contribution in [1.82, 2.24) is 4.90 Å². The van der Waals surface area contributed by atoms with Crippen LogP contribution in [0.3, 0.4) is 0 Å². The zero-order valence-corrected chi connectivity index (χ0v) is 13.3. The normalized spacial score (nSPS) is 26.8. The van der Waals surface area contributed by atoms with Crippen LogP contribution in [0.1, 0.15) is 19.3 Å². The summed E-state index contributed by atoms with van der Waals surface area (Å²) < 4.78 is 0. The molecule has 3 rings (SSSR count). The summed E-state index contributed by atoms with van der Waals surface area (Å²) in [4.78, 5) is 25.6. The minimum Gasteiger partial charge on any atom is -0.481 e. The minimum absolute atomic E-state index is 0.0384. The molecule has 0 radical (unpaired) electrons. The molecule has 1 heterocycles. The fraction of sp³-hybridized carbons (Fsp3) is 0.467. The van der Waals surface area contributed by atoms with Gasteiger partial charge in [0.25, 0.3) is 0 Å². The predicted octanol–water partition coefficient (Wildman–Crippen LogP) is 3.71. The molecule has 2 N–H and O–H groups in total. The Labute approximate surface area is 138 Å². The first kappa shape index (κ1) is 15.4. The molecule has 5 nitrogen and oxygen atoms in total. The molecular weight excluding hydrogens is 327 g/mol. The summed E-state index contributed by atoms with van der Waals surface area (Å²) in [6, 6.07) is 4.50. The lowest BCUT2D eigenvalue weighted by Crippen LogP contribution is -2.38. The second-order valence-corrected chi connectivity index (χ2v) is 6.83. The Morgan fingerprint density at radius 1 is 1.36 bits per heavy atom. The standard InChI is InChI=1S/C15H16Cl2N2O3/c16-10-3-4-12(11(17)6-10)18-14(22)19-7-9-2-1-5-15(9,8-19)13(20)21/h3-4,6,9H,1-2,5,7-8H2,(H,18,22)(H,20,21)/t9-,15+/m0/s1. The summed E-state index contributed by atoms with van der Waals surface area (Å²) in [5.41, 5.74) is -0.307. The van der Waals surface area contributed by atoms with Crippen LogP contribution in [0.5, 0.6) is 0 Å². The zero-order chi connectivity index (χ0) is 15.9. The highest BCUT2D eigenvalue weighted by Crippen LogP contribution is 2.49. The van der Waals surface area contributed by atoms with Gasteiger partial charge in [-0.3, -0.25) is 4.79 Å². The number of hydrogen-bond acceptors (Lipinski definition) is 2. The van der Waals surface area contributed by atoms with E-state index in [0.717, 1.165) is 12.8 Å². The molecule has 7 heteroatoms. The van der Waals surface area contributed by atoms with Crippen molar-refractivity contribution < 1.29 is 14.7 Å². The van der Waals surface area contributed by atoms with E-state index in [4.69, 9.17) is 23.2 Å². The van der Waals surface area contributed by atoms with Gasteiger partial charge in [0.2, 0.25) is 0 Å². The van der Waals surface area contributed by atoms with Crippen LogP contribution in [0.25, 0.3) is 0 Å². The van der Waals surface area contributed by atoms with Gasteiger partial charge in [0, 0.05) is 18.1 Å². The molecule has 2 fully saturated rings. The van der Waals surface area contributed by atoms with Crippen LogP contribution in [0, 0.1) is 11.3 Å². The van der Waals surface area contributed by atoms with Crippen LogP contribution in [-0.2, 0) is 4.79 Å². The summed E-state index contributed by atoms with van der Waals surface area (Å²) in [7, 11) is 0. The van der Waals surface area contributed by atoms with Crippen molar-refractivity contribution in [1.29, 1.82) is 0 Å². The van der Waals surface area contributed by atoms with E-state index in [1.165, 1.54) is 0 Å². The van der Waals surface area contributed by atoms with Crippen molar-refractivity contribution >= 4 is 40.9 Å². The lowest BCUT2D eigenvalue weighted by molar-refractivity contribution is -0.149. The largest absolute Gasteiger partial charge is 0.481 e. The Kier molecular flexibility index (Phi) is 3.95. The molecule has 0 spiro atoms. The van der Waals surface area contributed by atoms with Gasteiger partial charge in [-0.25, -0.2) is 4.79 Å². The second-order valence-electron chi connectivity index (χ2n) is 5.99. The smallest absolute Gasteiger partial charge is 0.321 e. The summed E-state index contributed by atoms with van der Waals surface area (Å²) in [6.07, 6.45) is 2.41. The van der Waals surface area contributed by atoms with Crippen molar-refractivity contribution in [2.24, 2.45) is 11.3 Å². The van der Waals surface area contributed by atoms with Gasteiger partial charge in [0.1, 0.15) is 0 Å². The molecule has 2 atom stereocenters. The molecule has 0 bridgehead atoms. The topological polar surface area (TPSA) is 69.6 Å². The third kappa shape index (κ3) is 2.52. The molecule has 1 aliphatic heterocycles. The van der Waals surface area contributed by atoms with Gasteiger partial charge in [-0.1, -0.05) is 29.6 Å². The third-order valence-corrected chi connectivity index (χ3v) is 5.30. The van der Waals surface area contributed by atoms with Crippen LogP contribution >= 0.6 is 23.2 Å². The Morgan fingerprint density at radius 3 is 2.77 bits per heavy atom. The molecule has 0 aromatic heterocycles. The number of rotatable bonds is 2. The van der Waals surface area contributed by atoms with Crippen molar-refractivity contribution in [2.75, 3.05) is 18.4 Å². The quantitative estimate of drug-likeness (QED) is 0.860. The summed E-state index contributed by atoms with van der Waals surface area (Å²) in [5.74, 6) is -0.758. The van der Waals surface area contributed by atoms with E-state index < -0.39 is 11.4 Å². The number of amides is 2. The summed E-state index contributed by atoms with van der Waals surface area (Å²) in [5, 5.41) is 13.1. The van der Waals surface area contributed by atoms with E-state index >= 15 is 0 Å². The van der Waals surface area contributed by atoms with Crippen LogP contribution in [0.15, 0.2) is 18.2 Å². The number of nitrogens with zero attached hydrogens (tertiary/aromatic N) is 1. The number of likely N-dealkylation sites (tertiary alicyclic amines) is 1. The fourth-order valence-corrected chi connectivity index (χ4v) is 4.03. The van der Waals surface area contributed by atoms with Gasteiger partial charge in [-0.2, -0.15) is 0 Å². The number of anilines is 1. The van der Waals surface area contributed by atoms with Crippen molar-refractivity contribution in [2.45, 2.75) is 19.3 Å². The molecule has 1 aromatic rings. The van der Waals surface area contributed by atoms with Gasteiger partial charge in [0.05, 0.1) is 16.1 Å². The van der Waals surface area contributed by atoms with Crippen molar-refractivity contribution in [3.63, 3.8) is 0 Å². The molecule has 1 saturated heterocycles. The third-order valence-electron chi connectivity index (χ3n) is 4.76. The molecule has 118 valence electrons. The fourth-order valence-electron chi connectivity index (χ4n) is 3.58. The van der Waals surface area contributed by atoms with E-state index in [-0.39, 0.29) is 18.5 Å². The first-order valence-electron chi connectivity index (χ1n) is 7.17. The lowest BCUT2D eigenvalue weighted by Gasteiger charge is -2.23. The van der Waals surface area contributed by atoms with Crippen molar-refractivity contribution in [3.8, 4) is 0 Å². The second kappa shape index (κ2) is 5.63. The molecule has 2 amide bonds. The number of nitrogens with one attached hydrogen (secondary N) is 1. The van der Waals surface area contributed by atoms with Crippen LogP contribution in [-0.4, -0.2) is 35.1 Å². The van der Waals surface area contributed by atoms with Gasteiger partial charge in [0.15, 0.2) is 0 Å². The lowest BCUT2D eigenvalue weighted by atomic mass is 9.81. The predicted molar refractivity (Wildman–Crippen MR) is 84.5 cm³/mol. The number of carboxylic acids is 1. The van der Waals surface area contributed by atoms with Crippen LogP contribution in [0.2, 0.25) is 10.0 Å². The number of hydrogen-bond donors (Lipinski definition) is 2. The average molecular weight is 343 g/mol. The molecular formula is C15H16Cl2N2O3. The van der Waals surface area contributed by atoms with E-state index in [9.17, 15) is 14.7 Å². The number of benzene rings is 1. The van der Waals surface area contributed by atoms with E-state index in [1.807, 2.05) is 0 Å². The van der Waals surface area contributed by atoms with Crippen molar-refractivity contribution in [3.05, 3.63) is 28.2 Å². The van der Waals surface area contributed by atoms with Gasteiger partial charge < -0.3 is 15.3 Å². The maximum Gasteiger partial charge on any atom is 0.321 e. The SMILES string of the molecule is O=C(Nc1ccc(Cl)cc1Cl)N1C[C@@H]2CCC[C@@]2(C(=O)O)C1. The number of urea groups is 1. The number of aliphatic carboxylic acids is 1. The number of fused-ring (bicyclic) bond motifs is 1. The zero-order valence-electron chi connectivity index (χ0n) is 11.8. The Bertz CT molecular complexity index is 637. The van der Waals surface area contributed by atoms with Crippen LogP contribution < -0.4 is 5.32 Å². The molecule has 2 aliphatic rings. The number of carboxylic acid groups (broad SMARTS) is 1. The summed E-state index contributed by atoms with van der Waals surface area (Å²) in [6.45, 7) is 0.730. The number of halogens is 2. The van der Waals surface area contributed by atoms with E-state index in [1.54, 1.807) is 23.1 Å². The Morgan fingerprint density at radius 2 is 2.14 bits per heavy atom. The highest BCUT2D eigenvalue weighted by molar-refractivity contribution is 6.36. The number of carbonyl (C=O) groups is 2.